The van der Waals surface area contributed by atoms with Crippen molar-refractivity contribution in [3.8, 4) is 0 Å². The van der Waals surface area contributed by atoms with Crippen LogP contribution in [-0.4, -0.2) is 34.0 Å². The van der Waals surface area contributed by atoms with Crippen LogP contribution in [0.3, 0.4) is 0 Å². The fourth-order valence-corrected chi connectivity index (χ4v) is 4.01. The monoisotopic (exact) mass is 381 g/mol. The van der Waals surface area contributed by atoms with Gasteiger partial charge in [-0.2, -0.15) is 13.2 Å². The average molecular weight is 381 g/mol. The van der Waals surface area contributed by atoms with Gasteiger partial charge in [0.05, 0.1) is 16.6 Å². The molecule has 1 amide bonds. The van der Waals surface area contributed by atoms with E-state index in [1.165, 1.54) is 0 Å². The molecule has 1 saturated carbocycles. The number of pyridine rings is 1. The number of alkyl halides is 3. The van der Waals surface area contributed by atoms with Crippen molar-refractivity contribution >= 4 is 17.0 Å². The van der Waals surface area contributed by atoms with Crippen molar-refractivity contribution in [3.63, 3.8) is 0 Å². The van der Waals surface area contributed by atoms with E-state index in [0.717, 1.165) is 18.9 Å². The van der Waals surface area contributed by atoms with Crippen molar-refractivity contribution in [1.29, 1.82) is 0 Å². The largest absolute Gasteiger partial charge is 0.417 e. The minimum absolute atomic E-state index is 0.0567. The Hall–Kier alpha value is -2.12. The minimum atomic E-state index is -4.51. The van der Waals surface area contributed by atoms with Crippen LogP contribution in [-0.2, 0) is 17.4 Å². The van der Waals surface area contributed by atoms with Crippen molar-refractivity contribution in [1.82, 2.24) is 15.0 Å². The van der Waals surface area contributed by atoms with Gasteiger partial charge in [0, 0.05) is 30.6 Å². The summed E-state index contributed by atoms with van der Waals surface area (Å²) in [5.74, 6) is 0.312. The summed E-state index contributed by atoms with van der Waals surface area (Å²) in [5.41, 5.74) is -0.231. The molecule has 3 atom stereocenters. The van der Waals surface area contributed by atoms with E-state index in [1.807, 2.05) is 6.92 Å². The van der Waals surface area contributed by atoms with Crippen LogP contribution >= 0.6 is 0 Å². The summed E-state index contributed by atoms with van der Waals surface area (Å²) in [6.45, 7) is 4.83. The Bertz CT molecular complexity index is 877. The highest BCUT2D eigenvalue weighted by atomic mass is 19.4. The van der Waals surface area contributed by atoms with Crippen LogP contribution in [0, 0.1) is 11.8 Å². The fourth-order valence-electron chi connectivity index (χ4n) is 4.01. The molecule has 2 aromatic rings. The number of amides is 1. The smallest absolute Gasteiger partial charge is 0.342 e. The first kappa shape index (κ1) is 18.3. The van der Waals surface area contributed by atoms with E-state index < -0.39 is 11.7 Å². The van der Waals surface area contributed by atoms with Crippen LogP contribution in [0.25, 0.3) is 11.1 Å². The summed E-state index contributed by atoms with van der Waals surface area (Å²) in [6, 6.07) is 1.08. The highest BCUT2D eigenvalue weighted by molar-refractivity contribution is 5.83. The van der Waals surface area contributed by atoms with E-state index in [9.17, 15) is 18.0 Å². The second-order valence-electron chi connectivity index (χ2n) is 7.70. The molecule has 0 N–H and O–H groups in total. The lowest BCUT2D eigenvalue weighted by Gasteiger charge is -2.32. The normalized spacial score (nSPS) is 25.8. The lowest BCUT2D eigenvalue weighted by Crippen LogP contribution is -2.40. The van der Waals surface area contributed by atoms with Gasteiger partial charge >= 0.3 is 6.18 Å². The van der Waals surface area contributed by atoms with E-state index in [-0.39, 0.29) is 34.5 Å². The predicted octanol–water partition coefficient (Wildman–Crippen LogP) is 4.17. The number of aromatic nitrogens is 2. The Morgan fingerprint density at radius 2 is 2.15 bits per heavy atom. The van der Waals surface area contributed by atoms with Gasteiger partial charge in [-0.3, -0.25) is 4.79 Å². The van der Waals surface area contributed by atoms with E-state index in [4.69, 9.17) is 4.52 Å². The van der Waals surface area contributed by atoms with E-state index in [0.29, 0.717) is 37.5 Å². The molecule has 1 saturated heterocycles. The Morgan fingerprint density at radius 3 is 2.78 bits per heavy atom. The molecule has 0 spiro atoms. The number of nitrogens with zero attached hydrogens (tertiary/aromatic N) is 3. The molecule has 0 aromatic carbocycles. The minimum Gasteiger partial charge on any atom is -0.342 e. The third-order valence-electron chi connectivity index (χ3n) is 5.74. The number of carbonyl (C=O) groups is 1. The van der Waals surface area contributed by atoms with Gasteiger partial charge in [-0.05, 0) is 37.7 Å². The highest BCUT2D eigenvalue weighted by Crippen LogP contribution is 2.42. The first-order chi connectivity index (χ1) is 12.8. The van der Waals surface area contributed by atoms with Crippen LogP contribution in [0.15, 0.2) is 10.6 Å². The zero-order valence-electron chi connectivity index (χ0n) is 15.3. The Kier molecular flexibility index (Phi) is 4.39. The van der Waals surface area contributed by atoms with Gasteiger partial charge in [-0.25, -0.2) is 4.98 Å². The molecule has 1 aliphatic heterocycles. The maximum atomic E-state index is 13.7. The first-order valence-corrected chi connectivity index (χ1v) is 9.44. The lowest BCUT2D eigenvalue weighted by atomic mass is 9.91. The predicted molar refractivity (Wildman–Crippen MR) is 92.0 cm³/mol. The molecule has 2 aliphatic rings. The second-order valence-corrected chi connectivity index (χ2v) is 7.70. The topological polar surface area (TPSA) is 59.2 Å². The standard InChI is InChI=1S/C19H22F3N3O2/c1-3-12-8-14(19(20,21)22)15-16(24-27-17(15)23-12)11-5-4-6-25(9-11)18(26)13-7-10(13)2/h8,10-11,13H,3-7,9H2,1-2H3/t10-,11+,13-/m0/s1. The van der Waals surface area contributed by atoms with Gasteiger partial charge in [0.2, 0.25) is 5.91 Å². The third-order valence-corrected chi connectivity index (χ3v) is 5.74. The van der Waals surface area contributed by atoms with Gasteiger partial charge in [-0.15, -0.1) is 0 Å². The maximum absolute atomic E-state index is 13.7. The van der Waals surface area contributed by atoms with Gasteiger partial charge < -0.3 is 9.42 Å². The van der Waals surface area contributed by atoms with E-state index in [1.54, 1.807) is 11.8 Å². The molecule has 2 aromatic heterocycles. The first-order valence-electron chi connectivity index (χ1n) is 9.44. The van der Waals surface area contributed by atoms with Crippen molar-refractivity contribution < 1.29 is 22.5 Å². The van der Waals surface area contributed by atoms with Gasteiger partial charge in [0.1, 0.15) is 0 Å². The summed E-state index contributed by atoms with van der Waals surface area (Å²) < 4.78 is 46.2. The Balaban J connectivity index is 1.70. The zero-order valence-corrected chi connectivity index (χ0v) is 15.3. The Morgan fingerprint density at radius 1 is 1.41 bits per heavy atom. The molecule has 4 rings (SSSR count). The summed E-state index contributed by atoms with van der Waals surface area (Å²) in [7, 11) is 0. The number of hydrogen-bond acceptors (Lipinski definition) is 4. The van der Waals surface area contributed by atoms with Gasteiger partial charge in [0.15, 0.2) is 0 Å². The third kappa shape index (κ3) is 3.30. The lowest BCUT2D eigenvalue weighted by molar-refractivity contribution is -0.136. The zero-order chi connectivity index (χ0) is 19.3. The van der Waals surface area contributed by atoms with Crippen LogP contribution in [0.5, 0.6) is 0 Å². The number of likely N-dealkylation sites (tertiary alicyclic amines) is 1. The van der Waals surface area contributed by atoms with Gasteiger partial charge in [-0.1, -0.05) is 19.0 Å². The molecule has 0 radical (unpaired) electrons. The molecular weight excluding hydrogens is 359 g/mol. The highest BCUT2D eigenvalue weighted by Gasteiger charge is 2.43. The molecule has 2 fully saturated rings. The molecular formula is C19H22F3N3O2. The van der Waals surface area contributed by atoms with Crippen molar-refractivity contribution in [2.24, 2.45) is 11.8 Å². The van der Waals surface area contributed by atoms with Crippen molar-refractivity contribution in [2.75, 3.05) is 13.1 Å². The van der Waals surface area contributed by atoms with Crippen LogP contribution in [0.4, 0.5) is 13.2 Å². The van der Waals surface area contributed by atoms with E-state index >= 15 is 0 Å². The number of carbonyl (C=O) groups excluding carboxylic acids is 1. The molecule has 5 nitrogen and oxygen atoms in total. The number of hydrogen-bond donors (Lipinski definition) is 0. The summed E-state index contributed by atoms with van der Waals surface area (Å²) in [6.07, 6.45) is -1.82. The van der Waals surface area contributed by atoms with Crippen molar-refractivity contribution in [2.45, 2.75) is 51.6 Å². The molecule has 8 heteroatoms. The van der Waals surface area contributed by atoms with Crippen LogP contribution in [0.1, 0.15) is 56.0 Å². The summed E-state index contributed by atoms with van der Waals surface area (Å²) in [4.78, 5) is 18.5. The number of fused-ring (bicyclic) bond motifs is 1. The quantitative estimate of drug-likeness (QED) is 0.801. The number of halogens is 3. The van der Waals surface area contributed by atoms with E-state index in [2.05, 4.69) is 10.1 Å². The van der Waals surface area contributed by atoms with Gasteiger partial charge in [0.25, 0.3) is 5.71 Å². The van der Waals surface area contributed by atoms with Crippen LogP contribution < -0.4 is 0 Å². The number of rotatable bonds is 3. The summed E-state index contributed by atoms with van der Waals surface area (Å²) >= 11 is 0. The second kappa shape index (κ2) is 6.49. The molecule has 146 valence electrons. The molecule has 0 unspecified atom stereocenters. The average Bonchev–Trinajstić information content (AvgIpc) is 3.22. The molecule has 3 heterocycles. The Labute approximate surface area is 154 Å². The molecule has 1 aliphatic carbocycles. The SMILES string of the molecule is CCc1cc(C(F)(F)F)c2c([C@@H]3CCCN(C(=O)[C@H]4C[C@@H]4C)C3)noc2n1. The number of piperidine rings is 1. The summed E-state index contributed by atoms with van der Waals surface area (Å²) in [5, 5.41) is 3.91. The molecule has 27 heavy (non-hydrogen) atoms. The maximum Gasteiger partial charge on any atom is 0.417 e. The number of aryl methyl sites for hydroxylation is 1. The van der Waals surface area contributed by atoms with Crippen LogP contribution in [0.2, 0.25) is 0 Å². The van der Waals surface area contributed by atoms with Crippen molar-refractivity contribution in [3.05, 3.63) is 23.0 Å². The molecule has 0 bridgehead atoms. The fraction of sp³-hybridized carbons (Fsp3) is 0.632.